The van der Waals surface area contributed by atoms with Crippen LogP contribution in [0.4, 0.5) is 10.2 Å². The van der Waals surface area contributed by atoms with E-state index in [2.05, 4.69) is 20.2 Å². The number of aromatic nitrogens is 5. The minimum absolute atomic E-state index is 0.0277. The number of nitrogen functional groups attached to an aromatic ring is 1. The van der Waals surface area contributed by atoms with E-state index in [4.69, 9.17) is 15.2 Å². The Balaban J connectivity index is 1.78. The number of benzene rings is 1. The number of hydrogen-bond acceptors (Lipinski definition) is 7. The quantitative estimate of drug-likeness (QED) is 0.580. The number of nitrogens with zero attached hydrogens (tertiary/aromatic N) is 5. The first-order valence-corrected chi connectivity index (χ1v) is 8.40. The molecule has 0 fully saturated rings. The lowest BCUT2D eigenvalue weighted by Crippen LogP contribution is -1.99. The van der Waals surface area contributed by atoms with E-state index in [0.717, 1.165) is 5.69 Å². The summed E-state index contributed by atoms with van der Waals surface area (Å²) in [4.78, 5) is 8.10. The van der Waals surface area contributed by atoms with Crippen LogP contribution < -0.4 is 15.2 Å². The van der Waals surface area contributed by atoms with Crippen LogP contribution in [0.3, 0.4) is 0 Å². The molecular formula is C19H17FN6O2. The van der Waals surface area contributed by atoms with Gasteiger partial charge in [0.25, 0.3) is 5.88 Å². The Bertz CT molecular complexity index is 1190. The molecule has 3 heterocycles. The predicted octanol–water partition coefficient (Wildman–Crippen LogP) is 3.26. The fourth-order valence-corrected chi connectivity index (χ4v) is 3.02. The maximum absolute atomic E-state index is 14.7. The van der Waals surface area contributed by atoms with Gasteiger partial charge in [0.15, 0.2) is 17.4 Å². The number of aryl methyl sites for hydroxylation is 2. The summed E-state index contributed by atoms with van der Waals surface area (Å²) in [7, 11) is 3.34. The summed E-state index contributed by atoms with van der Waals surface area (Å²) in [6.07, 6.45) is 3.38. The highest BCUT2D eigenvalue weighted by molar-refractivity contribution is 6.04. The Morgan fingerprint density at radius 1 is 1.18 bits per heavy atom. The third kappa shape index (κ3) is 2.96. The zero-order valence-corrected chi connectivity index (χ0v) is 15.5. The summed E-state index contributed by atoms with van der Waals surface area (Å²) >= 11 is 0. The summed E-state index contributed by atoms with van der Waals surface area (Å²) < 4.78 is 27.3. The van der Waals surface area contributed by atoms with Crippen LogP contribution in [0.5, 0.6) is 17.6 Å². The molecule has 0 aliphatic rings. The minimum atomic E-state index is -0.549. The number of anilines is 1. The van der Waals surface area contributed by atoms with Crippen LogP contribution in [0, 0.1) is 12.7 Å². The van der Waals surface area contributed by atoms with E-state index in [1.165, 1.54) is 19.2 Å². The van der Waals surface area contributed by atoms with Crippen LogP contribution in [0.2, 0.25) is 0 Å². The van der Waals surface area contributed by atoms with E-state index in [1.807, 2.05) is 17.8 Å². The first-order chi connectivity index (χ1) is 13.5. The SMILES string of the molecule is COc1nnc(N)c2c(-c3ccc(Oc4nccc(C)n4)c(F)c3)cn(C)c12. The number of methoxy groups -OCH3 is 1. The van der Waals surface area contributed by atoms with Crippen molar-refractivity contribution in [1.82, 2.24) is 24.7 Å². The van der Waals surface area contributed by atoms with E-state index in [1.54, 1.807) is 25.3 Å². The Morgan fingerprint density at radius 3 is 2.71 bits per heavy atom. The van der Waals surface area contributed by atoms with Gasteiger partial charge in [0.05, 0.1) is 12.5 Å². The lowest BCUT2D eigenvalue weighted by Gasteiger charge is -2.08. The maximum atomic E-state index is 14.7. The first kappa shape index (κ1) is 17.7. The Hall–Kier alpha value is -3.75. The molecule has 0 aliphatic carbocycles. The standard InChI is InChI=1S/C19H17FN6O2/c1-10-6-7-22-19(23-10)28-14-5-4-11(8-13(14)20)12-9-26(2)16-15(12)17(21)24-25-18(16)27-3/h4-9H,1-3H3,(H2,21,24). The van der Waals surface area contributed by atoms with Gasteiger partial charge in [-0.3, -0.25) is 0 Å². The molecule has 0 saturated heterocycles. The second kappa shape index (κ2) is 6.76. The third-order valence-electron chi connectivity index (χ3n) is 4.30. The molecule has 4 rings (SSSR count). The molecule has 1 aromatic carbocycles. The van der Waals surface area contributed by atoms with Gasteiger partial charge < -0.3 is 19.8 Å². The van der Waals surface area contributed by atoms with Gasteiger partial charge >= 0.3 is 6.01 Å². The van der Waals surface area contributed by atoms with Gasteiger partial charge in [-0.15, -0.1) is 10.2 Å². The molecule has 0 spiro atoms. The number of fused-ring (bicyclic) bond motifs is 1. The number of hydrogen-bond donors (Lipinski definition) is 1. The Morgan fingerprint density at radius 2 is 2.00 bits per heavy atom. The summed E-state index contributed by atoms with van der Waals surface area (Å²) in [5.74, 6) is 0.0577. The summed E-state index contributed by atoms with van der Waals surface area (Å²) in [5, 5.41) is 8.53. The van der Waals surface area contributed by atoms with Gasteiger partial charge in [-0.05, 0) is 30.7 Å². The fraction of sp³-hybridized carbons (Fsp3) is 0.158. The maximum Gasteiger partial charge on any atom is 0.322 e. The highest BCUT2D eigenvalue weighted by Gasteiger charge is 2.19. The Labute approximate surface area is 159 Å². The van der Waals surface area contributed by atoms with E-state index < -0.39 is 5.82 Å². The smallest absolute Gasteiger partial charge is 0.322 e. The largest absolute Gasteiger partial charge is 0.478 e. The second-order valence-corrected chi connectivity index (χ2v) is 6.20. The molecule has 0 unspecified atom stereocenters. The van der Waals surface area contributed by atoms with Gasteiger partial charge in [-0.2, -0.15) is 0 Å². The molecule has 0 radical (unpaired) electrons. The lowest BCUT2D eigenvalue weighted by atomic mass is 10.1. The van der Waals surface area contributed by atoms with E-state index in [-0.39, 0.29) is 17.6 Å². The predicted molar refractivity (Wildman–Crippen MR) is 102 cm³/mol. The summed E-state index contributed by atoms with van der Waals surface area (Å²) in [6.45, 7) is 1.80. The van der Waals surface area contributed by atoms with Crippen molar-refractivity contribution < 1.29 is 13.9 Å². The van der Waals surface area contributed by atoms with E-state index >= 15 is 0 Å². The highest BCUT2D eigenvalue weighted by Crippen LogP contribution is 2.37. The summed E-state index contributed by atoms with van der Waals surface area (Å²) in [6, 6.07) is 6.44. The molecule has 2 N–H and O–H groups in total. The zero-order chi connectivity index (χ0) is 19.8. The van der Waals surface area contributed by atoms with Crippen molar-refractivity contribution in [3.8, 4) is 28.8 Å². The molecule has 0 amide bonds. The molecule has 28 heavy (non-hydrogen) atoms. The molecule has 3 aromatic heterocycles. The van der Waals surface area contributed by atoms with Crippen LogP contribution >= 0.6 is 0 Å². The molecule has 0 bridgehead atoms. The van der Waals surface area contributed by atoms with Crippen molar-refractivity contribution in [2.75, 3.05) is 12.8 Å². The minimum Gasteiger partial charge on any atom is -0.478 e. The zero-order valence-electron chi connectivity index (χ0n) is 15.5. The van der Waals surface area contributed by atoms with Gasteiger partial charge in [-0.1, -0.05) is 6.07 Å². The van der Waals surface area contributed by atoms with Crippen LogP contribution in [0.25, 0.3) is 22.0 Å². The first-order valence-electron chi connectivity index (χ1n) is 8.40. The van der Waals surface area contributed by atoms with Crippen molar-refractivity contribution in [2.24, 2.45) is 7.05 Å². The molecule has 0 aliphatic heterocycles. The summed E-state index contributed by atoms with van der Waals surface area (Å²) in [5.41, 5.74) is 8.76. The molecule has 0 atom stereocenters. The monoisotopic (exact) mass is 380 g/mol. The number of nitrogens with two attached hydrogens (primary N) is 1. The van der Waals surface area contributed by atoms with Gasteiger partial charge in [0.2, 0.25) is 0 Å². The lowest BCUT2D eigenvalue weighted by molar-refractivity contribution is 0.396. The third-order valence-corrected chi connectivity index (χ3v) is 4.30. The molecular weight excluding hydrogens is 363 g/mol. The topological polar surface area (TPSA) is 101 Å². The van der Waals surface area contributed by atoms with Gasteiger partial charge in [0.1, 0.15) is 5.52 Å². The Kier molecular flexibility index (Phi) is 4.26. The average Bonchev–Trinajstić information content (AvgIpc) is 3.02. The number of halogens is 1. The van der Waals surface area contributed by atoms with Crippen LogP contribution in [-0.4, -0.2) is 31.8 Å². The number of ether oxygens (including phenoxy) is 2. The van der Waals surface area contributed by atoms with Crippen LogP contribution in [0.1, 0.15) is 5.69 Å². The molecule has 8 nitrogen and oxygen atoms in total. The van der Waals surface area contributed by atoms with E-state index in [0.29, 0.717) is 27.9 Å². The van der Waals surface area contributed by atoms with Crippen molar-refractivity contribution in [3.05, 3.63) is 48.2 Å². The molecule has 9 heteroatoms. The van der Waals surface area contributed by atoms with Crippen molar-refractivity contribution >= 4 is 16.7 Å². The van der Waals surface area contributed by atoms with Crippen LogP contribution in [-0.2, 0) is 7.05 Å². The number of rotatable bonds is 4. The van der Waals surface area contributed by atoms with Gasteiger partial charge in [-0.25, -0.2) is 14.4 Å². The van der Waals surface area contributed by atoms with Crippen molar-refractivity contribution in [2.45, 2.75) is 6.92 Å². The highest BCUT2D eigenvalue weighted by atomic mass is 19.1. The normalized spacial score (nSPS) is 11.0. The fourth-order valence-electron chi connectivity index (χ4n) is 3.02. The second-order valence-electron chi connectivity index (χ2n) is 6.20. The molecule has 0 saturated carbocycles. The van der Waals surface area contributed by atoms with Crippen LogP contribution in [0.15, 0.2) is 36.7 Å². The van der Waals surface area contributed by atoms with Crippen molar-refractivity contribution in [1.29, 1.82) is 0 Å². The average molecular weight is 380 g/mol. The van der Waals surface area contributed by atoms with E-state index in [9.17, 15) is 4.39 Å². The molecule has 4 aromatic rings. The van der Waals surface area contributed by atoms with Gasteiger partial charge in [0, 0.05) is 30.7 Å². The molecule has 142 valence electrons. The van der Waals surface area contributed by atoms with Crippen molar-refractivity contribution in [3.63, 3.8) is 0 Å².